The molecule has 7 rings (SSSR count). The van der Waals surface area contributed by atoms with Crippen molar-refractivity contribution in [3.63, 3.8) is 0 Å². The lowest BCUT2D eigenvalue weighted by Crippen LogP contribution is -2.53. The standard InChI is InChI=1S/C29H24N4O3/c1-16-10-12-18(13-11-16)33-26(34)24-23(14-17-15-30-21-8-4-2-6-19(17)21)32-29(25(24)27(33)35)20-7-3-5-9-22(20)31-28(29)36/h2-13,15,23-25,30,32H,14H2,1H3,(H,31,36)/t23?,24-,25+,29?/m1/s1. The number of para-hydroxylation sites is 2. The molecular weight excluding hydrogens is 452 g/mol. The number of aryl methyl sites for hydroxylation is 1. The van der Waals surface area contributed by atoms with Crippen molar-refractivity contribution in [2.24, 2.45) is 11.8 Å². The van der Waals surface area contributed by atoms with Crippen LogP contribution in [0.25, 0.3) is 10.9 Å². The van der Waals surface area contributed by atoms with E-state index < -0.39 is 23.4 Å². The largest absolute Gasteiger partial charge is 0.361 e. The van der Waals surface area contributed by atoms with Crippen LogP contribution in [0.15, 0.2) is 79.0 Å². The minimum Gasteiger partial charge on any atom is -0.361 e. The molecule has 4 aromatic rings. The maximum Gasteiger partial charge on any atom is 0.250 e. The zero-order chi connectivity index (χ0) is 24.6. The SMILES string of the molecule is Cc1ccc(N2C(=O)[C@@H]3C(Cc4c[nH]c5ccccc45)NC4(C(=O)Nc5ccccc54)[C@@H]3C2=O)cc1. The van der Waals surface area contributed by atoms with Crippen molar-refractivity contribution < 1.29 is 14.4 Å². The molecule has 0 aliphatic carbocycles. The van der Waals surface area contributed by atoms with E-state index in [0.29, 0.717) is 17.8 Å². The van der Waals surface area contributed by atoms with Crippen molar-refractivity contribution in [1.82, 2.24) is 10.3 Å². The summed E-state index contributed by atoms with van der Waals surface area (Å²) in [6.07, 6.45) is 2.46. The lowest BCUT2D eigenvalue weighted by molar-refractivity contribution is -0.130. The smallest absolute Gasteiger partial charge is 0.250 e. The molecule has 2 unspecified atom stereocenters. The molecule has 7 nitrogen and oxygen atoms in total. The Bertz CT molecular complexity index is 1570. The van der Waals surface area contributed by atoms with Gasteiger partial charge in [0.25, 0.3) is 0 Å². The molecule has 3 aliphatic heterocycles. The van der Waals surface area contributed by atoms with Crippen LogP contribution in [-0.2, 0) is 26.3 Å². The zero-order valence-electron chi connectivity index (χ0n) is 19.6. The molecule has 3 N–H and O–H groups in total. The van der Waals surface area contributed by atoms with E-state index in [9.17, 15) is 14.4 Å². The number of fused-ring (bicyclic) bond motifs is 5. The van der Waals surface area contributed by atoms with E-state index in [1.165, 1.54) is 4.90 Å². The zero-order valence-corrected chi connectivity index (χ0v) is 19.6. The highest BCUT2D eigenvalue weighted by atomic mass is 16.2. The third-order valence-electron chi connectivity index (χ3n) is 8.03. The van der Waals surface area contributed by atoms with Crippen molar-refractivity contribution in [1.29, 1.82) is 0 Å². The summed E-state index contributed by atoms with van der Waals surface area (Å²) in [6.45, 7) is 1.96. The minimum atomic E-state index is -1.30. The molecule has 36 heavy (non-hydrogen) atoms. The predicted octanol–water partition coefficient (Wildman–Crippen LogP) is 3.64. The summed E-state index contributed by atoms with van der Waals surface area (Å²) in [5, 5.41) is 7.55. The highest BCUT2D eigenvalue weighted by Gasteiger charge is 2.70. The molecule has 2 saturated heterocycles. The van der Waals surface area contributed by atoms with Gasteiger partial charge in [0, 0.05) is 34.4 Å². The number of hydrogen-bond donors (Lipinski definition) is 3. The highest BCUT2D eigenvalue weighted by molar-refractivity contribution is 6.25. The second-order valence-corrected chi connectivity index (χ2v) is 9.97. The van der Waals surface area contributed by atoms with Crippen LogP contribution in [0, 0.1) is 18.8 Å². The first kappa shape index (κ1) is 21.1. The van der Waals surface area contributed by atoms with Gasteiger partial charge in [-0.25, -0.2) is 4.90 Å². The van der Waals surface area contributed by atoms with Crippen LogP contribution in [0.2, 0.25) is 0 Å². The van der Waals surface area contributed by atoms with Crippen molar-refractivity contribution in [3.8, 4) is 0 Å². The van der Waals surface area contributed by atoms with Crippen LogP contribution in [-0.4, -0.2) is 28.7 Å². The van der Waals surface area contributed by atoms with E-state index in [4.69, 9.17) is 0 Å². The summed E-state index contributed by atoms with van der Waals surface area (Å²) >= 11 is 0. The summed E-state index contributed by atoms with van der Waals surface area (Å²) < 4.78 is 0. The second kappa shape index (κ2) is 7.38. The van der Waals surface area contributed by atoms with Crippen molar-refractivity contribution >= 4 is 40.0 Å². The highest BCUT2D eigenvalue weighted by Crippen LogP contribution is 2.54. The summed E-state index contributed by atoms with van der Waals surface area (Å²) in [6, 6.07) is 22.4. The van der Waals surface area contributed by atoms with Gasteiger partial charge in [0.15, 0.2) is 0 Å². The number of imide groups is 1. The van der Waals surface area contributed by atoms with Crippen molar-refractivity contribution in [2.75, 3.05) is 10.2 Å². The number of benzene rings is 3. The lowest BCUT2D eigenvalue weighted by atomic mass is 9.76. The van der Waals surface area contributed by atoms with Crippen LogP contribution in [0.3, 0.4) is 0 Å². The Morgan fingerprint density at radius 2 is 1.64 bits per heavy atom. The Morgan fingerprint density at radius 3 is 2.47 bits per heavy atom. The van der Waals surface area contributed by atoms with Crippen molar-refractivity contribution in [3.05, 3.63) is 95.7 Å². The van der Waals surface area contributed by atoms with Crippen molar-refractivity contribution in [2.45, 2.75) is 24.9 Å². The predicted molar refractivity (Wildman–Crippen MR) is 136 cm³/mol. The van der Waals surface area contributed by atoms with Gasteiger partial charge in [-0.05, 0) is 43.2 Å². The van der Waals surface area contributed by atoms with Gasteiger partial charge in [-0.15, -0.1) is 0 Å². The van der Waals surface area contributed by atoms with Gasteiger partial charge in [0.05, 0.1) is 17.5 Å². The maximum atomic E-state index is 14.0. The lowest BCUT2D eigenvalue weighted by Gasteiger charge is -2.29. The molecule has 4 atom stereocenters. The molecule has 0 radical (unpaired) electrons. The number of H-pyrrole nitrogens is 1. The molecule has 0 saturated carbocycles. The van der Waals surface area contributed by atoms with E-state index in [1.54, 1.807) is 12.1 Å². The molecule has 3 aromatic carbocycles. The number of aromatic nitrogens is 1. The molecule has 7 heteroatoms. The average molecular weight is 477 g/mol. The number of amides is 3. The number of anilines is 2. The summed E-state index contributed by atoms with van der Waals surface area (Å²) in [5.74, 6) is -2.41. The second-order valence-electron chi connectivity index (χ2n) is 9.97. The van der Waals surface area contributed by atoms with Gasteiger partial charge in [0.2, 0.25) is 17.7 Å². The number of aromatic amines is 1. The molecule has 2 fully saturated rings. The number of nitrogens with one attached hydrogen (secondary N) is 3. The van der Waals surface area contributed by atoms with Crippen LogP contribution < -0.4 is 15.5 Å². The average Bonchev–Trinajstić information content (AvgIpc) is 3.59. The molecular formula is C29H24N4O3. The van der Waals surface area contributed by atoms with Gasteiger partial charge in [-0.1, -0.05) is 54.1 Å². The molecule has 1 aromatic heterocycles. The van der Waals surface area contributed by atoms with E-state index in [0.717, 1.165) is 27.6 Å². The van der Waals surface area contributed by atoms with E-state index in [1.807, 2.05) is 73.8 Å². The first-order valence-electron chi connectivity index (χ1n) is 12.2. The van der Waals surface area contributed by atoms with Crippen LogP contribution >= 0.6 is 0 Å². The number of rotatable bonds is 3. The fourth-order valence-corrected chi connectivity index (χ4v) is 6.42. The Morgan fingerprint density at radius 1 is 0.889 bits per heavy atom. The van der Waals surface area contributed by atoms with Gasteiger partial charge < -0.3 is 10.3 Å². The van der Waals surface area contributed by atoms with Gasteiger partial charge in [-0.2, -0.15) is 0 Å². The summed E-state index contributed by atoms with van der Waals surface area (Å²) in [4.78, 5) is 46.2. The third kappa shape index (κ3) is 2.69. The Balaban J connectivity index is 1.37. The van der Waals surface area contributed by atoms with Crippen LogP contribution in [0.5, 0.6) is 0 Å². The van der Waals surface area contributed by atoms with Gasteiger partial charge in [-0.3, -0.25) is 19.7 Å². The molecule has 0 bridgehead atoms. The van der Waals surface area contributed by atoms with E-state index >= 15 is 0 Å². The number of hydrogen-bond acceptors (Lipinski definition) is 4. The number of carbonyl (C=O) groups is 3. The first-order valence-corrected chi connectivity index (χ1v) is 12.2. The topological polar surface area (TPSA) is 94.3 Å². The summed E-state index contributed by atoms with van der Waals surface area (Å²) in [5.41, 5.74) is 3.73. The Kier molecular flexibility index (Phi) is 4.32. The van der Waals surface area contributed by atoms with E-state index in [2.05, 4.69) is 15.6 Å². The fourth-order valence-electron chi connectivity index (χ4n) is 6.42. The third-order valence-corrected chi connectivity index (χ3v) is 8.03. The van der Waals surface area contributed by atoms with Crippen LogP contribution in [0.4, 0.5) is 11.4 Å². The minimum absolute atomic E-state index is 0.264. The molecule has 3 aliphatic rings. The normalized spacial score (nSPS) is 26.6. The van der Waals surface area contributed by atoms with Crippen LogP contribution in [0.1, 0.15) is 16.7 Å². The number of nitrogens with zero attached hydrogens (tertiary/aromatic N) is 1. The summed E-state index contributed by atoms with van der Waals surface area (Å²) in [7, 11) is 0. The Hall–Kier alpha value is -4.23. The van der Waals surface area contributed by atoms with Gasteiger partial charge in [0.1, 0.15) is 5.54 Å². The van der Waals surface area contributed by atoms with E-state index in [-0.39, 0.29) is 17.7 Å². The molecule has 4 heterocycles. The maximum absolute atomic E-state index is 14.0. The Labute approximate surface area is 207 Å². The quantitative estimate of drug-likeness (QED) is 0.394. The molecule has 1 spiro atoms. The molecule has 3 amide bonds. The fraction of sp³-hybridized carbons (Fsp3) is 0.207. The van der Waals surface area contributed by atoms with Gasteiger partial charge >= 0.3 is 0 Å². The monoisotopic (exact) mass is 476 g/mol. The number of carbonyl (C=O) groups excluding carboxylic acids is 3. The molecule has 178 valence electrons. The first-order chi connectivity index (χ1) is 17.5.